The molecular formula is C21H37NO8S. The van der Waals surface area contributed by atoms with Crippen LogP contribution in [0.15, 0.2) is 11.6 Å². The second-order valence-electron chi connectivity index (χ2n) is 7.74. The first kappa shape index (κ1) is 27.5. The predicted octanol–water partition coefficient (Wildman–Crippen LogP) is 1.92. The lowest BCUT2D eigenvalue weighted by atomic mass is 10.1. The Labute approximate surface area is 185 Å². The first-order valence-corrected chi connectivity index (χ1v) is 12.8. The standard InChI is InChI=1S/C21H37NO8S/c1-2-3-4-5-6-7-8-9-10-12-19(24)29-18(17-15-20(25)30-21(17)26)16-31(27,28)22-13-11-14-23/h15,18,21-23,26H,2-14,16H2,1H3. The summed E-state index contributed by atoms with van der Waals surface area (Å²) in [5.74, 6) is -2.07. The van der Waals surface area contributed by atoms with E-state index in [9.17, 15) is 23.1 Å². The normalized spacial score (nSPS) is 17.3. The highest BCUT2D eigenvalue weighted by molar-refractivity contribution is 7.89. The van der Waals surface area contributed by atoms with E-state index in [4.69, 9.17) is 9.84 Å². The van der Waals surface area contributed by atoms with E-state index >= 15 is 0 Å². The van der Waals surface area contributed by atoms with Crippen molar-refractivity contribution in [2.75, 3.05) is 18.9 Å². The van der Waals surface area contributed by atoms with Crippen molar-refractivity contribution in [3.63, 3.8) is 0 Å². The highest BCUT2D eigenvalue weighted by Crippen LogP contribution is 2.22. The second-order valence-corrected chi connectivity index (χ2v) is 9.59. The number of unbranched alkanes of at least 4 members (excludes halogenated alkanes) is 8. The maximum absolute atomic E-state index is 12.3. The van der Waals surface area contributed by atoms with E-state index in [2.05, 4.69) is 16.4 Å². The third-order valence-corrected chi connectivity index (χ3v) is 6.34. The van der Waals surface area contributed by atoms with E-state index in [0.717, 1.165) is 25.3 Å². The Balaban J connectivity index is 2.49. The van der Waals surface area contributed by atoms with Gasteiger partial charge >= 0.3 is 11.9 Å². The zero-order chi connectivity index (χ0) is 23.1. The van der Waals surface area contributed by atoms with E-state index in [0.29, 0.717) is 6.42 Å². The van der Waals surface area contributed by atoms with Crippen LogP contribution >= 0.6 is 0 Å². The van der Waals surface area contributed by atoms with Crippen molar-refractivity contribution in [3.8, 4) is 0 Å². The van der Waals surface area contributed by atoms with Gasteiger partial charge in [0.2, 0.25) is 16.3 Å². The van der Waals surface area contributed by atoms with Crippen molar-refractivity contribution < 1.29 is 37.7 Å². The molecular weight excluding hydrogens is 426 g/mol. The summed E-state index contributed by atoms with van der Waals surface area (Å²) in [6.07, 6.45) is 8.14. The number of cyclic esters (lactones) is 1. The van der Waals surface area contributed by atoms with E-state index in [1.165, 1.54) is 32.1 Å². The maximum atomic E-state index is 12.3. The molecule has 0 radical (unpaired) electrons. The molecule has 2 atom stereocenters. The summed E-state index contributed by atoms with van der Waals surface area (Å²) in [5, 5.41) is 18.6. The van der Waals surface area contributed by atoms with Crippen molar-refractivity contribution in [1.82, 2.24) is 4.72 Å². The van der Waals surface area contributed by atoms with Crippen LogP contribution in [0.4, 0.5) is 0 Å². The lowest BCUT2D eigenvalue weighted by Gasteiger charge is -2.20. The van der Waals surface area contributed by atoms with Gasteiger partial charge in [0.1, 0.15) is 11.9 Å². The van der Waals surface area contributed by atoms with E-state index < -0.39 is 40.1 Å². The number of hydrogen-bond acceptors (Lipinski definition) is 8. The third-order valence-electron chi connectivity index (χ3n) is 4.96. The average Bonchev–Trinajstić information content (AvgIpc) is 3.04. The summed E-state index contributed by atoms with van der Waals surface area (Å²) in [5.41, 5.74) is -0.0991. The number of aliphatic hydroxyl groups excluding tert-OH is 2. The molecule has 0 aliphatic carbocycles. The number of nitrogens with one attached hydrogen (secondary N) is 1. The number of carbonyl (C=O) groups excluding carboxylic acids is 2. The molecule has 0 saturated heterocycles. The van der Waals surface area contributed by atoms with Gasteiger partial charge in [-0.25, -0.2) is 17.9 Å². The number of hydrogen-bond donors (Lipinski definition) is 3. The molecule has 0 amide bonds. The molecule has 31 heavy (non-hydrogen) atoms. The van der Waals surface area contributed by atoms with Gasteiger partial charge in [-0.2, -0.15) is 0 Å². The topological polar surface area (TPSA) is 139 Å². The molecule has 1 aliphatic rings. The molecule has 9 nitrogen and oxygen atoms in total. The highest BCUT2D eigenvalue weighted by Gasteiger charge is 2.35. The van der Waals surface area contributed by atoms with Gasteiger partial charge in [0.05, 0.1) is 0 Å². The van der Waals surface area contributed by atoms with Crippen LogP contribution in [-0.4, -0.2) is 61.9 Å². The fraction of sp³-hybridized carbons (Fsp3) is 0.810. The molecule has 0 aromatic heterocycles. The number of ether oxygens (including phenoxy) is 2. The van der Waals surface area contributed by atoms with Gasteiger partial charge in [0.15, 0.2) is 0 Å². The summed E-state index contributed by atoms with van der Waals surface area (Å²) < 4.78 is 36.7. The van der Waals surface area contributed by atoms with Crippen LogP contribution in [0.1, 0.15) is 77.6 Å². The maximum Gasteiger partial charge on any atom is 0.333 e. The molecule has 0 aromatic carbocycles. The van der Waals surface area contributed by atoms with Crippen molar-refractivity contribution >= 4 is 22.0 Å². The van der Waals surface area contributed by atoms with E-state index in [1.807, 2.05) is 0 Å². The van der Waals surface area contributed by atoms with Gasteiger partial charge in [-0.1, -0.05) is 58.3 Å². The molecule has 10 heteroatoms. The van der Waals surface area contributed by atoms with Crippen LogP contribution in [0.5, 0.6) is 0 Å². The highest BCUT2D eigenvalue weighted by atomic mass is 32.2. The minimum atomic E-state index is -3.88. The molecule has 0 spiro atoms. The molecule has 0 bridgehead atoms. The number of aliphatic hydroxyl groups is 2. The van der Waals surface area contributed by atoms with Crippen molar-refractivity contribution in [1.29, 1.82) is 0 Å². The molecule has 1 aliphatic heterocycles. The van der Waals surface area contributed by atoms with Crippen molar-refractivity contribution in [2.24, 2.45) is 0 Å². The van der Waals surface area contributed by atoms with Gasteiger partial charge in [-0.05, 0) is 12.8 Å². The zero-order valence-corrected chi connectivity index (χ0v) is 19.2. The van der Waals surface area contributed by atoms with Crippen LogP contribution in [0.25, 0.3) is 0 Å². The van der Waals surface area contributed by atoms with Crippen LogP contribution in [-0.2, 0) is 29.1 Å². The largest absolute Gasteiger partial charge is 0.456 e. The fourth-order valence-corrected chi connectivity index (χ4v) is 4.46. The quantitative estimate of drug-likeness (QED) is 0.207. The Morgan fingerprint density at radius 3 is 2.29 bits per heavy atom. The number of sulfonamides is 1. The number of esters is 2. The number of rotatable bonds is 18. The SMILES string of the molecule is CCCCCCCCCCCC(=O)OC(CS(=O)(=O)NCCCO)C1=CC(=O)OC1O. The third kappa shape index (κ3) is 12.2. The second kappa shape index (κ2) is 15.3. The molecule has 2 unspecified atom stereocenters. The Hall–Kier alpha value is -1.49. The molecule has 1 rings (SSSR count). The fourth-order valence-electron chi connectivity index (χ4n) is 3.23. The molecule has 180 valence electrons. The van der Waals surface area contributed by atoms with Gasteiger partial charge in [-0.3, -0.25) is 4.79 Å². The zero-order valence-electron chi connectivity index (χ0n) is 18.4. The van der Waals surface area contributed by atoms with Gasteiger partial charge in [-0.15, -0.1) is 0 Å². The Morgan fingerprint density at radius 1 is 1.13 bits per heavy atom. The summed E-state index contributed by atoms with van der Waals surface area (Å²) >= 11 is 0. The van der Waals surface area contributed by atoms with Crippen molar-refractivity contribution in [3.05, 3.63) is 11.6 Å². The molecule has 1 heterocycles. The lowest BCUT2D eigenvalue weighted by molar-refractivity contribution is -0.154. The molecule has 0 fully saturated rings. The first-order valence-electron chi connectivity index (χ1n) is 11.2. The molecule has 0 aromatic rings. The summed E-state index contributed by atoms with van der Waals surface area (Å²) in [6, 6.07) is 0. The van der Waals surface area contributed by atoms with Gasteiger partial charge < -0.3 is 19.7 Å². The minimum Gasteiger partial charge on any atom is -0.456 e. The van der Waals surface area contributed by atoms with Crippen molar-refractivity contribution in [2.45, 2.75) is 89.9 Å². The Bertz CT molecular complexity index is 677. The van der Waals surface area contributed by atoms with Crippen LogP contribution in [0, 0.1) is 0 Å². The number of carbonyl (C=O) groups is 2. The van der Waals surface area contributed by atoms with Crippen LogP contribution < -0.4 is 4.72 Å². The first-order chi connectivity index (χ1) is 14.8. The lowest BCUT2D eigenvalue weighted by Crippen LogP contribution is -2.38. The minimum absolute atomic E-state index is 0.0228. The summed E-state index contributed by atoms with van der Waals surface area (Å²) in [7, 11) is -3.88. The van der Waals surface area contributed by atoms with Gasteiger partial charge in [0, 0.05) is 31.2 Å². The summed E-state index contributed by atoms with van der Waals surface area (Å²) in [4.78, 5) is 23.6. The smallest absolute Gasteiger partial charge is 0.333 e. The predicted molar refractivity (Wildman–Crippen MR) is 115 cm³/mol. The van der Waals surface area contributed by atoms with E-state index in [-0.39, 0.29) is 31.6 Å². The average molecular weight is 464 g/mol. The monoisotopic (exact) mass is 463 g/mol. The summed E-state index contributed by atoms with van der Waals surface area (Å²) in [6.45, 7) is 2.03. The van der Waals surface area contributed by atoms with Crippen LogP contribution in [0.3, 0.4) is 0 Å². The Morgan fingerprint density at radius 2 is 1.74 bits per heavy atom. The van der Waals surface area contributed by atoms with Crippen LogP contribution in [0.2, 0.25) is 0 Å². The molecule has 0 saturated carbocycles. The van der Waals surface area contributed by atoms with Gasteiger partial charge in [0.25, 0.3) is 0 Å². The van der Waals surface area contributed by atoms with E-state index in [1.54, 1.807) is 0 Å². The Kier molecular flexibility index (Phi) is 13.6. The molecule has 3 N–H and O–H groups in total.